The van der Waals surface area contributed by atoms with Crippen molar-refractivity contribution in [1.82, 2.24) is 30.1 Å². The summed E-state index contributed by atoms with van der Waals surface area (Å²) in [5.74, 6) is 0.508. The van der Waals surface area contributed by atoms with Crippen LogP contribution in [0.3, 0.4) is 0 Å². The molecule has 3 unspecified atom stereocenters. The number of hydrogen-bond acceptors (Lipinski definition) is 12. The number of allylic oxidation sites excluding steroid dienone is 1. The molecule has 0 aliphatic carbocycles. The zero-order chi connectivity index (χ0) is 33.9. The molecule has 3 atom stereocenters. The number of nitrogens with two attached hydrogens (primary N) is 2. The lowest BCUT2D eigenvalue weighted by Crippen LogP contribution is -2.62. The van der Waals surface area contributed by atoms with Crippen molar-refractivity contribution in [3.05, 3.63) is 64.9 Å². The van der Waals surface area contributed by atoms with Gasteiger partial charge in [0.15, 0.2) is 0 Å². The number of amides is 2. The molecule has 2 aromatic rings. The van der Waals surface area contributed by atoms with Crippen LogP contribution < -0.4 is 16.8 Å². The first-order chi connectivity index (χ1) is 23.1. The average molecular weight is 665 g/mol. The van der Waals surface area contributed by atoms with Crippen molar-refractivity contribution < 1.29 is 29.1 Å². The third-order valence-corrected chi connectivity index (χ3v) is 10.0. The van der Waals surface area contributed by atoms with Crippen LogP contribution in [0.15, 0.2) is 52.4 Å². The Labute approximate surface area is 280 Å². The number of para-hydroxylation sites is 1. The molecular formula is C34H48N8O6. The van der Waals surface area contributed by atoms with Gasteiger partial charge in [-0.25, -0.2) is 4.79 Å². The SMILES string of the molecule is CC(C)C(C(=O)N1CCC(O)C1)c1cc(COC(=O)N2CCC(N3CCN4C(/C=C(\N)c5ccccc5O)=C(N)NCC4C3)CC2)no1. The van der Waals surface area contributed by atoms with E-state index in [1.54, 1.807) is 34.1 Å². The number of aliphatic hydroxyl groups is 1. The predicted molar refractivity (Wildman–Crippen MR) is 178 cm³/mol. The molecule has 0 spiro atoms. The summed E-state index contributed by atoms with van der Waals surface area (Å²) in [5, 5.41) is 27.5. The Balaban J connectivity index is 0.981. The molecule has 2 amide bonds. The second-order valence-corrected chi connectivity index (χ2v) is 13.6. The Morgan fingerprint density at radius 1 is 1.08 bits per heavy atom. The molecule has 4 aliphatic heterocycles. The van der Waals surface area contributed by atoms with Crippen molar-refractivity contribution in [2.45, 2.75) is 63.8 Å². The van der Waals surface area contributed by atoms with Crippen LogP contribution in [0.1, 0.15) is 56.0 Å². The van der Waals surface area contributed by atoms with Crippen molar-refractivity contribution >= 4 is 17.7 Å². The van der Waals surface area contributed by atoms with E-state index < -0.39 is 12.0 Å². The Morgan fingerprint density at radius 2 is 1.83 bits per heavy atom. The Bertz CT molecular complexity index is 1530. The normalized spacial score (nSPS) is 23.3. The summed E-state index contributed by atoms with van der Waals surface area (Å²) in [6, 6.07) is 9.24. The lowest BCUT2D eigenvalue weighted by molar-refractivity contribution is -0.133. The first-order valence-electron chi connectivity index (χ1n) is 16.9. The van der Waals surface area contributed by atoms with Gasteiger partial charge in [0, 0.05) is 75.7 Å². The number of carbonyl (C=O) groups excluding carboxylic acids is 2. The molecule has 1 aromatic carbocycles. The lowest BCUT2D eigenvalue weighted by atomic mass is 9.91. The van der Waals surface area contributed by atoms with E-state index in [-0.39, 0.29) is 36.3 Å². The number of carbonyl (C=O) groups is 2. The van der Waals surface area contributed by atoms with Crippen LogP contribution in [0.25, 0.3) is 5.70 Å². The highest BCUT2D eigenvalue weighted by molar-refractivity contribution is 5.83. The third-order valence-electron chi connectivity index (χ3n) is 10.0. The number of aromatic nitrogens is 1. The topological polar surface area (TPSA) is 187 Å². The van der Waals surface area contributed by atoms with Crippen LogP contribution in [-0.4, -0.2) is 118 Å². The summed E-state index contributed by atoms with van der Waals surface area (Å²) >= 11 is 0. The molecule has 14 heteroatoms. The van der Waals surface area contributed by atoms with E-state index in [9.17, 15) is 19.8 Å². The van der Waals surface area contributed by atoms with Crippen molar-refractivity contribution in [3.8, 4) is 5.75 Å². The lowest BCUT2D eigenvalue weighted by Gasteiger charge is -2.49. The van der Waals surface area contributed by atoms with Crippen LogP contribution in [0.5, 0.6) is 5.75 Å². The van der Waals surface area contributed by atoms with E-state index in [2.05, 4.69) is 20.3 Å². The van der Waals surface area contributed by atoms with Gasteiger partial charge in [-0.2, -0.15) is 0 Å². The van der Waals surface area contributed by atoms with E-state index in [4.69, 9.17) is 20.7 Å². The number of nitrogens with zero attached hydrogens (tertiary/aromatic N) is 5. The van der Waals surface area contributed by atoms with Gasteiger partial charge >= 0.3 is 6.09 Å². The van der Waals surface area contributed by atoms with Crippen LogP contribution >= 0.6 is 0 Å². The fourth-order valence-corrected chi connectivity index (χ4v) is 7.34. The fourth-order valence-electron chi connectivity index (χ4n) is 7.34. The van der Waals surface area contributed by atoms with Crippen molar-refractivity contribution in [2.24, 2.45) is 17.4 Å². The van der Waals surface area contributed by atoms with E-state index in [0.717, 1.165) is 44.7 Å². The zero-order valence-corrected chi connectivity index (χ0v) is 27.8. The summed E-state index contributed by atoms with van der Waals surface area (Å²) in [6.07, 6.45) is 3.22. The Morgan fingerprint density at radius 3 is 2.54 bits per heavy atom. The standard InChI is InChI=1S/C34H48N8O6/c1-21(2)31(33(45)41-12-9-25(43)19-41)30-15-22(38-48-30)20-47-34(46)39-10-7-23(8-11-39)40-13-14-42-24(18-40)17-37-32(36)28(42)16-27(35)26-5-3-4-6-29(26)44/h3-6,15-16,21,23-25,31,37,43-44H,7-14,17-20,35-36H2,1-2H3/b27-16-. The number of piperidine rings is 1. The molecule has 0 saturated carbocycles. The number of nitrogens with one attached hydrogen (secondary N) is 1. The highest BCUT2D eigenvalue weighted by Gasteiger charge is 2.37. The van der Waals surface area contributed by atoms with Crippen LogP contribution in [0.2, 0.25) is 0 Å². The number of rotatable bonds is 8. The van der Waals surface area contributed by atoms with Crippen molar-refractivity contribution in [2.75, 3.05) is 52.4 Å². The van der Waals surface area contributed by atoms with Gasteiger partial charge in [0.25, 0.3) is 0 Å². The van der Waals surface area contributed by atoms with Crippen molar-refractivity contribution in [1.29, 1.82) is 0 Å². The summed E-state index contributed by atoms with van der Waals surface area (Å²) in [5.41, 5.74) is 15.1. The molecule has 3 fully saturated rings. The van der Waals surface area contributed by atoms with Crippen molar-refractivity contribution in [3.63, 3.8) is 0 Å². The fraction of sp³-hybridized carbons (Fsp3) is 0.559. The number of benzene rings is 1. The monoisotopic (exact) mass is 664 g/mol. The maximum atomic E-state index is 13.2. The van der Waals surface area contributed by atoms with Gasteiger partial charge in [0.05, 0.1) is 17.8 Å². The Kier molecular flexibility index (Phi) is 10.0. The second-order valence-electron chi connectivity index (χ2n) is 13.6. The predicted octanol–water partition coefficient (Wildman–Crippen LogP) is 1.53. The largest absolute Gasteiger partial charge is 0.507 e. The average Bonchev–Trinajstić information content (AvgIpc) is 3.74. The number of aliphatic hydroxyl groups excluding tert-OH is 1. The molecule has 7 N–H and O–H groups in total. The summed E-state index contributed by atoms with van der Waals surface area (Å²) < 4.78 is 11.1. The maximum Gasteiger partial charge on any atom is 0.410 e. The number of fused-ring (bicyclic) bond motifs is 1. The van der Waals surface area contributed by atoms with E-state index in [1.165, 1.54) is 0 Å². The van der Waals surface area contributed by atoms with Crippen LogP contribution in [-0.2, 0) is 16.1 Å². The molecule has 0 bridgehead atoms. The van der Waals surface area contributed by atoms with Gasteiger partial charge in [-0.3, -0.25) is 9.69 Å². The van der Waals surface area contributed by atoms with Gasteiger partial charge in [-0.15, -0.1) is 0 Å². The molecular weight excluding hydrogens is 616 g/mol. The summed E-state index contributed by atoms with van der Waals surface area (Å²) in [4.78, 5) is 34.3. The summed E-state index contributed by atoms with van der Waals surface area (Å²) in [6.45, 7) is 9.13. The molecule has 48 heavy (non-hydrogen) atoms. The number of hydrogen-bond donors (Lipinski definition) is 5. The zero-order valence-electron chi connectivity index (χ0n) is 27.8. The number of likely N-dealkylation sites (tertiary alicyclic amines) is 2. The highest BCUT2D eigenvalue weighted by atomic mass is 16.6. The smallest absolute Gasteiger partial charge is 0.410 e. The molecule has 0 radical (unpaired) electrons. The molecule has 260 valence electrons. The van der Waals surface area contributed by atoms with Gasteiger partial charge in [0.1, 0.15) is 35.5 Å². The minimum absolute atomic E-state index is 0.0282. The molecule has 14 nitrogen and oxygen atoms in total. The number of β-amino-alcohol motifs (C(OH)–C–C–N with tert-alkyl or cyclic N) is 1. The number of phenolic OH excluding ortho intramolecular Hbond substituents is 1. The summed E-state index contributed by atoms with van der Waals surface area (Å²) in [7, 11) is 0. The molecule has 5 heterocycles. The minimum atomic E-state index is -0.518. The number of aromatic hydroxyl groups is 1. The maximum absolute atomic E-state index is 13.2. The highest BCUT2D eigenvalue weighted by Crippen LogP contribution is 2.31. The second kappa shape index (κ2) is 14.4. The van der Waals surface area contributed by atoms with E-state index in [0.29, 0.717) is 67.2 Å². The Hall–Kier alpha value is -4.43. The molecule has 4 aliphatic rings. The minimum Gasteiger partial charge on any atom is -0.507 e. The van der Waals surface area contributed by atoms with Crippen LogP contribution in [0.4, 0.5) is 4.79 Å². The third kappa shape index (κ3) is 7.19. The number of piperazine rings is 1. The number of phenols is 1. The first-order valence-corrected chi connectivity index (χ1v) is 16.9. The van der Waals surface area contributed by atoms with E-state index >= 15 is 0 Å². The van der Waals surface area contributed by atoms with Gasteiger partial charge in [-0.05, 0) is 43.4 Å². The van der Waals surface area contributed by atoms with Gasteiger partial charge in [0.2, 0.25) is 5.91 Å². The number of ether oxygens (including phenoxy) is 1. The van der Waals surface area contributed by atoms with E-state index in [1.807, 2.05) is 26.0 Å². The van der Waals surface area contributed by atoms with Crippen LogP contribution in [0, 0.1) is 5.92 Å². The molecule has 6 rings (SSSR count). The quantitative estimate of drug-likeness (QED) is 0.274. The van der Waals surface area contributed by atoms with Gasteiger partial charge in [-0.1, -0.05) is 31.1 Å². The van der Waals surface area contributed by atoms with Gasteiger partial charge < -0.3 is 51.0 Å². The molecule has 3 saturated heterocycles. The first kappa shape index (κ1) is 33.5. The molecule has 1 aromatic heterocycles.